The summed E-state index contributed by atoms with van der Waals surface area (Å²) >= 11 is 0. The van der Waals surface area contributed by atoms with Crippen molar-refractivity contribution in [3.05, 3.63) is 92.9 Å². The molecule has 1 saturated carbocycles. The molecule has 2 heterocycles. The summed E-state index contributed by atoms with van der Waals surface area (Å²) in [6.45, 7) is 4.08. The van der Waals surface area contributed by atoms with Gasteiger partial charge in [-0.2, -0.15) is 0 Å². The van der Waals surface area contributed by atoms with Gasteiger partial charge in [0.25, 0.3) is 11.5 Å². The molecule has 1 amide bonds. The largest absolute Gasteiger partial charge is 0.341 e. The van der Waals surface area contributed by atoms with E-state index in [2.05, 4.69) is 20.3 Å². The first-order valence-corrected chi connectivity index (χ1v) is 9.40. The number of rotatable bonds is 5. The van der Waals surface area contributed by atoms with Crippen LogP contribution in [0.15, 0.2) is 53.7 Å². The van der Waals surface area contributed by atoms with Gasteiger partial charge >= 0.3 is 0 Å². The van der Waals surface area contributed by atoms with Crippen LogP contribution in [-0.2, 0) is 0 Å². The van der Waals surface area contributed by atoms with Gasteiger partial charge in [0.2, 0.25) is 0 Å². The molecule has 1 fully saturated rings. The standard InChI is InChI=1S/C22H22N4O2/c1-13-5-6-16(10-14(13)2)19(17-4-3-9-23-11-17)25-21(27)18-12-24-20(15-7-8-15)26-22(18)28/h3-6,9-12,15,19H,7-8H2,1-2H3,(H,25,27)(H,24,26,28). The van der Waals surface area contributed by atoms with Gasteiger partial charge < -0.3 is 10.3 Å². The van der Waals surface area contributed by atoms with Crippen LogP contribution in [0.5, 0.6) is 0 Å². The number of benzene rings is 1. The molecule has 1 aliphatic rings. The maximum atomic E-state index is 12.9. The highest BCUT2D eigenvalue weighted by Crippen LogP contribution is 2.37. The van der Waals surface area contributed by atoms with Gasteiger partial charge in [0.1, 0.15) is 11.4 Å². The minimum Gasteiger partial charge on any atom is -0.341 e. The van der Waals surface area contributed by atoms with Crippen LogP contribution in [0.1, 0.15) is 63.2 Å². The van der Waals surface area contributed by atoms with Gasteiger partial charge in [-0.25, -0.2) is 4.98 Å². The highest BCUT2D eigenvalue weighted by atomic mass is 16.2. The summed E-state index contributed by atoms with van der Waals surface area (Å²) in [7, 11) is 0. The number of aryl methyl sites for hydroxylation is 2. The molecule has 1 unspecified atom stereocenters. The molecule has 3 aromatic rings. The van der Waals surface area contributed by atoms with E-state index in [9.17, 15) is 9.59 Å². The third-order valence-corrected chi connectivity index (χ3v) is 5.19. The highest BCUT2D eigenvalue weighted by Gasteiger charge is 2.27. The minimum absolute atomic E-state index is 0.0159. The fourth-order valence-corrected chi connectivity index (χ4v) is 3.19. The number of carbonyl (C=O) groups excluding carboxylic acids is 1. The molecule has 6 heteroatoms. The summed E-state index contributed by atoms with van der Waals surface area (Å²) in [6, 6.07) is 9.38. The van der Waals surface area contributed by atoms with Gasteiger partial charge in [-0.05, 0) is 55.0 Å². The fourth-order valence-electron chi connectivity index (χ4n) is 3.19. The molecule has 2 N–H and O–H groups in total. The minimum atomic E-state index is -0.455. The maximum absolute atomic E-state index is 12.9. The number of aromatic nitrogens is 3. The van der Waals surface area contributed by atoms with Gasteiger partial charge in [-0.1, -0.05) is 24.3 Å². The van der Waals surface area contributed by atoms with Gasteiger partial charge in [0, 0.05) is 24.5 Å². The molecule has 1 atom stereocenters. The Labute approximate surface area is 163 Å². The number of pyridine rings is 1. The number of carbonyl (C=O) groups is 1. The summed E-state index contributed by atoms with van der Waals surface area (Å²) in [4.78, 5) is 36.5. The van der Waals surface area contributed by atoms with E-state index >= 15 is 0 Å². The quantitative estimate of drug-likeness (QED) is 0.718. The Balaban J connectivity index is 1.66. The zero-order valence-corrected chi connectivity index (χ0v) is 15.9. The zero-order valence-electron chi connectivity index (χ0n) is 15.9. The number of nitrogens with one attached hydrogen (secondary N) is 2. The van der Waals surface area contributed by atoms with Gasteiger partial charge in [0.15, 0.2) is 0 Å². The lowest BCUT2D eigenvalue weighted by Crippen LogP contribution is -2.34. The summed E-state index contributed by atoms with van der Waals surface area (Å²) in [5.41, 5.74) is 3.70. The first-order chi connectivity index (χ1) is 13.5. The van der Waals surface area contributed by atoms with Crippen LogP contribution in [0, 0.1) is 13.8 Å². The average molecular weight is 374 g/mol. The Morgan fingerprint density at radius 2 is 1.96 bits per heavy atom. The molecule has 0 aliphatic heterocycles. The van der Waals surface area contributed by atoms with Crippen molar-refractivity contribution in [1.82, 2.24) is 20.3 Å². The van der Waals surface area contributed by atoms with Gasteiger partial charge in [0.05, 0.1) is 6.04 Å². The van der Waals surface area contributed by atoms with E-state index in [-0.39, 0.29) is 5.56 Å². The Hall–Kier alpha value is -3.28. The number of hydrogen-bond acceptors (Lipinski definition) is 4. The Morgan fingerprint density at radius 1 is 1.14 bits per heavy atom. The number of hydrogen-bond donors (Lipinski definition) is 2. The smallest absolute Gasteiger partial charge is 0.263 e. The van der Waals surface area contributed by atoms with E-state index in [0.29, 0.717) is 11.7 Å². The van der Waals surface area contributed by atoms with Gasteiger partial charge in [-0.3, -0.25) is 14.6 Å². The normalized spacial score (nSPS) is 14.5. The first-order valence-electron chi connectivity index (χ1n) is 9.40. The van der Waals surface area contributed by atoms with Crippen LogP contribution in [0.2, 0.25) is 0 Å². The lowest BCUT2D eigenvalue weighted by atomic mass is 9.96. The van der Waals surface area contributed by atoms with Crippen molar-refractivity contribution in [3.63, 3.8) is 0 Å². The molecule has 28 heavy (non-hydrogen) atoms. The van der Waals surface area contributed by atoms with Crippen LogP contribution in [-0.4, -0.2) is 20.9 Å². The molecule has 1 aromatic carbocycles. The molecule has 0 bridgehead atoms. The SMILES string of the molecule is Cc1ccc(C(NC(=O)c2cnc(C3CC3)[nH]c2=O)c2cccnc2)cc1C. The zero-order chi connectivity index (χ0) is 19.7. The predicted molar refractivity (Wildman–Crippen MR) is 106 cm³/mol. The van der Waals surface area contributed by atoms with Crippen LogP contribution in [0.25, 0.3) is 0 Å². The molecule has 6 nitrogen and oxygen atoms in total. The fraction of sp³-hybridized carbons (Fsp3) is 0.273. The highest BCUT2D eigenvalue weighted by molar-refractivity contribution is 5.94. The third kappa shape index (κ3) is 3.71. The summed E-state index contributed by atoms with van der Waals surface area (Å²) in [5, 5.41) is 2.98. The second-order valence-electron chi connectivity index (χ2n) is 7.32. The first kappa shape index (κ1) is 18.1. The Bertz CT molecular complexity index is 1070. The molecule has 2 aromatic heterocycles. The molecule has 1 aliphatic carbocycles. The topological polar surface area (TPSA) is 87.7 Å². The van der Waals surface area contributed by atoms with Gasteiger partial charge in [-0.15, -0.1) is 0 Å². The maximum Gasteiger partial charge on any atom is 0.263 e. The summed E-state index contributed by atoms with van der Waals surface area (Å²) in [6.07, 6.45) is 6.85. The van der Waals surface area contributed by atoms with Crippen molar-refractivity contribution in [3.8, 4) is 0 Å². The summed E-state index contributed by atoms with van der Waals surface area (Å²) in [5.74, 6) is 0.534. The van der Waals surface area contributed by atoms with E-state index < -0.39 is 17.5 Å². The van der Waals surface area contributed by atoms with E-state index in [1.807, 2.05) is 44.2 Å². The van der Waals surface area contributed by atoms with Crippen LogP contribution in [0.3, 0.4) is 0 Å². The number of amides is 1. The molecule has 4 rings (SSSR count). The van der Waals surface area contributed by atoms with E-state index in [1.165, 1.54) is 11.8 Å². The lowest BCUT2D eigenvalue weighted by Gasteiger charge is -2.20. The van der Waals surface area contributed by atoms with Crippen LogP contribution in [0.4, 0.5) is 0 Å². The predicted octanol–water partition coefficient (Wildman–Crippen LogP) is 3.18. The molecule has 0 saturated heterocycles. The van der Waals surface area contributed by atoms with E-state index in [4.69, 9.17) is 0 Å². The van der Waals surface area contributed by atoms with Crippen molar-refractivity contribution in [2.24, 2.45) is 0 Å². The van der Waals surface area contributed by atoms with Crippen LogP contribution < -0.4 is 10.9 Å². The second kappa shape index (κ2) is 7.38. The Kier molecular flexibility index (Phi) is 4.77. The number of H-pyrrole nitrogens is 1. The van der Waals surface area contributed by atoms with Crippen molar-refractivity contribution in [2.45, 2.75) is 38.6 Å². The molecule has 0 radical (unpaired) electrons. The third-order valence-electron chi connectivity index (χ3n) is 5.19. The van der Waals surface area contributed by atoms with Crippen molar-refractivity contribution in [1.29, 1.82) is 0 Å². The molecular formula is C22H22N4O2. The number of nitrogens with zero attached hydrogens (tertiary/aromatic N) is 2. The van der Waals surface area contributed by atoms with Crippen molar-refractivity contribution < 1.29 is 4.79 Å². The Morgan fingerprint density at radius 3 is 2.61 bits per heavy atom. The number of aromatic amines is 1. The monoisotopic (exact) mass is 374 g/mol. The van der Waals surface area contributed by atoms with Crippen LogP contribution >= 0.6 is 0 Å². The van der Waals surface area contributed by atoms with Crippen molar-refractivity contribution in [2.75, 3.05) is 0 Å². The lowest BCUT2D eigenvalue weighted by molar-refractivity contribution is 0.0941. The van der Waals surface area contributed by atoms with Crippen molar-refractivity contribution >= 4 is 5.91 Å². The molecule has 142 valence electrons. The molecule has 0 spiro atoms. The van der Waals surface area contributed by atoms with E-state index in [0.717, 1.165) is 29.5 Å². The molecular weight excluding hydrogens is 352 g/mol. The van der Waals surface area contributed by atoms with E-state index in [1.54, 1.807) is 12.4 Å². The second-order valence-corrected chi connectivity index (χ2v) is 7.32. The average Bonchev–Trinajstić information content (AvgIpc) is 3.54. The summed E-state index contributed by atoms with van der Waals surface area (Å²) < 4.78 is 0.